The Morgan fingerprint density at radius 2 is 1.87 bits per heavy atom. The molecule has 0 spiro atoms. The Morgan fingerprint density at radius 3 is 2.55 bits per heavy atom. The third kappa shape index (κ3) is 5.14. The fraction of sp³-hybridized carbons (Fsp3) is 0.348. The number of carbonyl (C=O) groups excluding carboxylic acids is 3. The Hall–Kier alpha value is -3.55. The van der Waals surface area contributed by atoms with Gasteiger partial charge in [0.25, 0.3) is 5.91 Å². The number of methoxy groups -OCH3 is 2. The third-order valence-electron chi connectivity index (χ3n) is 5.13. The van der Waals surface area contributed by atoms with Crippen LogP contribution in [0.5, 0.6) is 11.5 Å². The molecule has 2 aromatic rings. The number of ether oxygens (including phenoxy) is 3. The molecule has 8 heteroatoms. The number of benzene rings is 2. The molecule has 0 saturated carbocycles. The van der Waals surface area contributed by atoms with Crippen LogP contribution in [-0.4, -0.2) is 45.2 Å². The third-order valence-corrected chi connectivity index (χ3v) is 5.13. The minimum Gasteiger partial charge on any atom is -0.497 e. The highest BCUT2D eigenvalue weighted by atomic mass is 16.5. The van der Waals surface area contributed by atoms with E-state index in [2.05, 4.69) is 5.32 Å². The zero-order valence-corrected chi connectivity index (χ0v) is 18.1. The fourth-order valence-corrected chi connectivity index (χ4v) is 3.55. The van der Waals surface area contributed by atoms with Crippen molar-refractivity contribution in [2.45, 2.75) is 20.3 Å². The number of nitrogens with zero attached hydrogens (tertiary/aromatic N) is 1. The number of rotatable bonds is 7. The molecule has 0 bridgehead atoms. The first-order valence-electron chi connectivity index (χ1n) is 9.88. The smallest absolute Gasteiger partial charge is 0.311 e. The summed E-state index contributed by atoms with van der Waals surface area (Å²) in [7, 11) is 3.00. The maximum absolute atomic E-state index is 12.4. The summed E-state index contributed by atoms with van der Waals surface area (Å²) in [6.07, 6.45) is 0.0556. The zero-order chi connectivity index (χ0) is 22.5. The first kappa shape index (κ1) is 22.1. The number of carbonyl (C=O) groups is 3. The molecule has 0 aromatic heterocycles. The van der Waals surface area contributed by atoms with Gasteiger partial charge in [-0.25, -0.2) is 0 Å². The van der Waals surface area contributed by atoms with Crippen LogP contribution in [0, 0.1) is 19.8 Å². The molecular formula is C23H26N2O6. The van der Waals surface area contributed by atoms with Crippen molar-refractivity contribution in [3.05, 3.63) is 47.5 Å². The normalized spacial score (nSPS) is 15.5. The van der Waals surface area contributed by atoms with Gasteiger partial charge in [0.15, 0.2) is 6.61 Å². The number of nitrogens with one attached hydrogen (secondary N) is 1. The molecule has 1 aliphatic heterocycles. The van der Waals surface area contributed by atoms with E-state index in [4.69, 9.17) is 14.2 Å². The highest BCUT2D eigenvalue weighted by molar-refractivity contribution is 6.00. The van der Waals surface area contributed by atoms with E-state index in [1.165, 1.54) is 14.2 Å². The summed E-state index contributed by atoms with van der Waals surface area (Å²) in [6, 6.07) is 10.7. The average molecular weight is 426 g/mol. The molecule has 1 atom stereocenters. The molecule has 0 radical (unpaired) electrons. The molecule has 0 unspecified atom stereocenters. The Morgan fingerprint density at radius 1 is 1.10 bits per heavy atom. The van der Waals surface area contributed by atoms with Crippen molar-refractivity contribution in [2.24, 2.45) is 5.92 Å². The number of esters is 1. The van der Waals surface area contributed by atoms with Gasteiger partial charge in [0, 0.05) is 24.7 Å². The largest absolute Gasteiger partial charge is 0.497 e. The lowest BCUT2D eigenvalue weighted by molar-refractivity contribution is -0.151. The Kier molecular flexibility index (Phi) is 6.79. The van der Waals surface area contributed by atoms with Crippen molar-refractivity contribution >= 4 is 29.2 Å². The van der Waals surface area contributed by atoms with Gasteiger partial charge in [-0.05, 0) is 37.6 Å². The van der Waals surface area contributed by atoms with Crippen molar-refractivity contribution < 1.29 is 28.6 Å². The number of aryl methyl sites for hydroxylation is 2. The highest BCUT2D eigenvalue weighted by Gasteiger charge is 2.36. The average Bonchev–Trinajstić information content (AvgIpc) is 3.13. The van der Waals surface area contributed by atoms with Gasteiger partial charge in [0.1, 0.15) is 11.5 Å². The van der Waals surface area contributed by atoms with Gasteiger partial charge in [-0.2, -0.15) is 0 Å². The quantitative estimate of drug-likeness (QED) is 0.685. The molecule has 164 valence electrons. The first-order valence-corrected chi connectivity index (χ1v) is 9.88. The molecular weight excluding hydrogens is 400 g/mol. The maximum atomic E-state index is 12.4. The van der Waals surface area contributed by atoms with Crippen molar-refractivity contribution in [1.82, 2.24) is 0 Å². The number of amides is 2. The molecule has 8 nitrogen and oxygen atoms in total. The maximum Gasteiger partial charge on any atom is 0.311 e. The molecule has 2 amide bonds. The van der Waals surface area contributed by atoms with Crippen molar-refractivity contribution in [2.75, 3.05) is 37.6 Å². The van der Waals surface area contributed by atoms with Crippen LogP contribution in [0.25, 0.3) is 0 Å². The summed E-state index contributed by atoms with van der Waals surface area (Å²) in [4.78, 5) is 38.7. The minimum absolute atomic E-state index is 0.0556. The van der Waals surface area contributed by atoms with Crippen LogP contribution < -0.4 is 19.7 Å². The second-order valence-corrected chi connectivity index (χ2v) is 7.42. The lowest BCUT2D eigenvalue weighted by Crippen LogP contribution is -2.28. The van der Waals surface area contributed by atoms with E-state index in [1.807, 2.05) is 32.0 Å². The van der Waals surface area contributed by atoms with Gasteiger partial charge in [0.05, 0.1) is 25.8 Å². The standard InChI is InChI=1S/C23H26N2O6/c1-14-5-8-19(15(2)9-14)25-12-16(10-22(25)27)23(28)31-13-21(26)24-18-7-6-17(29-3)11-20(18)30-4/h5-9,11,16H,10,12-13H2,1-4H3,(H,24,26)/t16-/m0/s1. The van der Waals surface area contributed by atoms with Gasteiger partial charge in [-0.3, -0.25) is 14.4 Å². The Labute approximate surface area is 181 Å². The fourth-order valence-electron chi connectivity index (χ4n) is 3.55. The van der Waals surface area contributed by atoms with Crippen LogP contribution in [0.1, 0.15) is 17.5 Å². The molecule has 31 heavy (non-hydrogen) atoms. The van der Waals surface area contributed by atoms with Crippen molar-refractivity contribution in [1.29, 1.82) is 0 Å². The van der Waals surface area contributed by atoms with Crippen LogP contribution in [0.2, 0.25) is 0 Å². The summed E-state index contributed by atoms with van der Waals surface area (Å²) >= 11 is 0. The molecule has 1 N–H and O–H groups in total. The summed E-state index contributed by atoms with van der Waals surface area (Å²) in [5.74, 6) is -0.826. The van der Waals surface area contributed by atoms with E-state index in [0.717, 1.165) is 16.8 Å². The van der Waals surface area contributed by atoms with Gasteiger partial charge >= 0.3 is 5.97 Å². The van der Waals surface area contributed by atoms with E-state index in [1.54, 1.807) is 23.1 Å². The predicted octanol–water partition coefficient (Wildman–Crippen LogP) is 2.86. The van der Waals surface area contributed by atoms with Gasteiger partial charge in [-0.1, -0.05) is 17.7 Å². The van der Waals surface area contributed by atoms with Crippen molar-refractivity contribution in [3.8, 4) is 11.5 Å². The summed E-state index contributed by atoms with van der Waals surface area (Å²) in [5.41, 5.74) is 3.29. The summed E-state index contributed by atoms with van der Waals surface area (Å²) in [5, 5.41) is 2.64. The van der Waals surface area contributed by atoms with Crippen LogP contribution in [0.3, 0.4) is 0 Å². The lowest BCUT2D eigenvalue weighted by atomic mass is 10.1. The summed E-state index contributed by atoms with van der Waals surface area (Å²) in [6.45, 7) is 3.69. The van der Waals surface area contributed by atoms with Crippen LogP contribution in [0.15, 0.2) is 36.4 Å². The lowest BCUT2D eigenvalue weighted by Gasteiger charge is -2.19. The highest BCUT2D eigenvalue weighted by Crippen LogP contribution is 2.30. The van der Waals surface area contributed by atoms with Gasteiger partial charge < -0.3 is 24.4 Å². The topological polar surface area (TPSA) is 94.2 Å². The summed E-state index contributed by atoms with van der Waals surface area (Å²) < 4.78 is 15.5. The van der Waals surface area contributed by atoms with E-state index < -0.39 is 24.4 Å². The van der Waals surface area contributed by atoms with Gasteiger partial charge in [0.2, 0.25) is 5.91 Å². The zero-order valence-electron chi connectivity index (χ0n) is 18.1. The SMILES string of the molecule is COc1ccc(NC(=O)COC(=O)[C@H]2CC(=O)N(c3ccc(C)cc3C)C2)c(OC)c1. The van der Waals surface area contributed by atoms with E-state index in [-0.39, 0.29) is 18.9 Å². The van der Waals surface area contributed by atoms with Crippen LogP contribution in [-0.2, 0) is 19.1 Å². The Balaban J connectivity index is 1.56. The van der Waals surface area contributed by atoms with Crippen LogP contribution >= 0.6 is 0 Å². The molecule has 1 fully saturated rings. The molecule has 0 aliphatic carbocycles. The Bertz CT molecular complexity index is 1000. The van der Waals surface area contributed by atoms with Crippen LogP contribution in [0.4, 0.5) is 11.4 Å². The van der Waals surface area contributed by atoms with Gasteiger partial charge in [-0.15, -0.1) is 0 Å². The van der Waals surface area contributed by atoms with E-state index in [9.17, 15) is 14.4 Å². The monoisotopic (exact) mass is 426 g/mol. The number of hydrogen-bond donors (Lipinski definition) is 1. The molecule has 1 saturated heterocycles. The first-order chi connectivity index (χ1) is 14.8. The second kappa shape index (κ2) is 9.51. The number of anilines is 2. The molecule has 1 heterocycles. The van der Waals surface area contributed by atoms with E-state index >= 15 is 0 Å². The number of hydrogen-bond acceptors (Lipinski definition) is 6. The predicted molar refractivity (Wildman–Crippen MR) is 116 cm³/mol. The van der Waals surface area contributed by atoms with Crippen molar-refractivity contribution in [3.63, 3.8) is 0 Å². The van der Waals surface area contributed by atoms with E-state index in [0.29, 0.717) is 17.2 Å². The molecule has 2 aromatic carbocycles. The second-order valence-electron chi connectivity index (χ2n) is 7.42. The molecule has 3 rings (SSSR count). The molecule has 1 aliphatic rings. The minimum atomic E-state index is -0.614.